The molecule has 0 aliphatic rings. The summed E-state index contributed by atoms with van der Waals surface area (Å²) in [6.07, 6.45) is 3.67. The van der Waals surface area contributed by atoms with E-state index in [2.05, 4.69) is 113 Å². The van der Waals surface area contributed by atoms with Crippen LogP contribution in [0.15, 0.2) is 112 Å². The Hall–Kier alpha value is -5.45. The minimum Gasteiger partial charge on any atom is -0.507 e. The van der Waals surface area contributed by atoms with E-state index < -0.39 is 0 Å². The summed E-state index contributed by atoms with van der Waals surface area (Å²) in [5.41, 5.74) is 12.8. The first-order valence-electron chi connectivity index (χ1n) is 17.7. The van der Waals surface area contributed by atoms with Crippen molar-refractivity contribution in [3.63, 3.8) is 0 Å². The molecule has 5 aromatic heterocycles. The first kappa shape index (κ1) is 33.4. The average molecular weight is 874 g/mol. The van der Waals surface area contributed by atoms with Crippen molar-refractivity contribution in [1.29, 1.82) is 0 Å². The SMILES string of the molecule is CC(C)(C)c1cc(-c2cc(-c3ccccc3)ccn2)[c-]c(-c2cccc3c2nc2c4c(O)c(C(C)(C)C)cc5oc6ccc7occ(c7c6c54)n32)c1.[Pt]. The number of hydrogen-bond donors (Lipinski definition) is 1. The van der Waals surface area contributed by atoms with Gasteiger partial charge in [-0.3, -0.25) is 9.38 Å². The second-order valence-electron chi connectivity index (χ2n) is 16.0. The van der Waals surface area contributed by atoms with Gasteiger partial charge in [-0.1, -0.05) is 101 Å². The van der Waals surface area contributed by atoms with Crippen molar-refractivity contribution in [1.82, 2.24) is 14.4 Å². The minimum absolute atomic E-state index is 0. The molecule has 5 aromatic carbocycles. The van der Waals surface area contributed by atoms with Gasteiger partial charge in [0.25, 0.3) is 0 Å². The maximum atomic E-state index is 12.2. The quantitative estimate of drug-likeness (QED) is 0.179. The van der Waals surface area contributed by atoms with Gasteiger partial charge in [0.1, 0.15) is 34.4 Å². The summed E-state index contributed by atoms with van der Waals surface area (Å²) in [5, 5.41) is 15.6. The number of phenols is 1. The molecule has 5 heterocycles. The van der Waals surface area contributed by atoms with Crippen LogP contribution >= 0.6 is 0 Å². The van der Waals surface area contributed by atoms with E-state index >= 15 is 0 Å². The zero-order chi connectivity index (χ0) is 35.7. The number of phenolic OH excluding ortho intramolecular Hbond substituents is 1. The summed E-state index contributed by atoms with van der Waals surface area (Å²) < 4.78 is 14.8. The number of hydrogen-bond acceptors (Lipinski definition) is 5. The Morgan fingerprint density at radius 1 is 0.679 bits per heavy atom. The Morgan fingerprint density at radius 3 is 2.21 bits per heavy atom. The molecule has 0 amide bonds. The van der Waals surface area contributed by atoms with Crippen LogP contribution in [0, 0.1) is 6.07 Å². The van der Waals surface area contributed by atoms with Crippen LogP contribution in [0.1, 0.15) is 52.7 Å². The molecule has 264 valence electrons. The Balaban J connectivity index is 0.00000372. The Morgan fingerprint density at radius 2 is 1.43 bits per heavy atom. The van der Waals surface area contributed by atoms with E-state index in [0.29, 0.717) is 16.6 Å². The number of pyridine rings is 1. The van der Waals surface area contributed by atoms with E-state index in [1.165, 1.54) is 5.56 Å². The largest absolute Gasteiger partial charge is 0.507 e. The number of fused-ring (bicyclic) bond motifs is 5. The van der Waals surface area contributed by atoms with Crippen LogP contribution in [0.5, 0.6) is 5.75 Å². The Kier molecular flexibility index (Phi) is 7.26. The molecule has 53 heavy (non-hydrogen) atoms. The van der Waals surface area contributed by atoms with Gasteiger partial charge in [0.15, 0.2) is 0 Å². The topological polar surface area (TPSA) is 76.7 Å². The number of para-hydroxylation sites is 1. The van der Waals surface area contributed by atoms with E-state index in [0.717, 1.165) is 82.9 Å². The van der Waals surface area contributed by atoms with Crippen LogP contribution in [0.4, 0.5) is 0 Å². The number of aromatic nitrogens is 3. The number of imidazole rings is 1. The number of furan rings is 2. The first-order chi connectivity index (χ1) is 25.0. The molecule has 0 saturated heterocycles. The van der Waals surface area contributed by atoms with Crippen molar-refractivity contribution >= 4 is 60.5 Å². The molecule has 10 aromatic rings. The van der Waals surface area contributed by atoms with Gasteiger partial charge in [-0.25, -0.2) is 4.98 Å². The molecule has 0 unspecified atom stereocenters. The third-order valence-electron chi connectivity index (χ3n) is 10.5. The minimum atomic E-state index is -0.348. The van der Waals surface area contributed by atoms with E-state index in [9.17, 15) is 5.11 Å². The van der Waals surface area contributed by atoms with Gasteiger partial charge in [-0.05, 0) is 52.3 Å². The number of nitrogens with zero attached hydrogens (tertiary/aromatic N) is 3. The average Bonchev–Trinajstić information content (AvgIpc) is 3.81. The third-order valence-corrected chi connectivity index (χ3v) is 10.5. The molecular weight excluding hydrogens is 838 g/mol. The fourth-order valence-electron chi connectivity index (χ4n) is 7.88. The molecule has 0 aliphatic heterocycles. The Labute approximate surface area is 320 Å². The second kappa shape index (κ2) is 11.5. The van der Waals surface area contributed by atoms with Crippen LogP contribution in [0.25, 0.3) is 94.0 Å². The molecule has 0 atom stereocenters. The molecule has 0 radical (unpaired) electrons. The van der Waals surface area contributed by atoms with Crippen LogP contribution in [0.3, 0.4) is 0 Å². The van der Waals surface area contributed by atoms with Crippen molar-refractivity contribution < 1.29 is 35.0 Å². The molecule has 6 nitrogen and oxygen atoms in total. The fraction of sp³-hybridized carbons (Fsp3) is 0.174. The van der Waals surface area contributed by atoms with Gasteiger partial charge in [0.05, 0.1) is 27.3 Å². The van der Waals surface area contributed by atoms with Crippen molar-refractivity contribution in [2.24, 2.45) is 0 Å². The molecule has 0 bridgehead atoms. The maximum Gasteiger partial charge on any atom is 0.149 e. The van der Waals surface area contributed by atoms with Gasteiger partial charge in [-0.15, -0.1) is 29.3 Å². The predicted molar refractivity (Wildman–Crippen MR) is 210 cm³/mol. The molecule has 0 fully saturated rings. The number of rotatable bonds is 3. The van der Waals surface area contributed by atoms with Crippen molar-refractivity contribution in [2.75, 3.05) is 0 Å². The summed E-state index contributed by atoms with van der Waals surface area (Å²) in [6, 6.07) is 34.9. The molecular formula is C46H36N3O3Pt-. The van der Waals surface area contributed by atoms with Crippen LogP contribution in [0.2, 0.25) is 0 Å². The number of aromatic hydroxyl groups is 1. The fourth-order valence-corrected chi connectivity index (χ4v) is 7.88. The Bertz CT molecular complexity index is 3050. The maximum absolute atomic E-state index is 12.2. The molecule has 0 spiro atoms. The number of benzene rings is 5. The molecule has 1 N–H and O–H groups in total. The van der Waals surface area contributed by atoms with Gasteiger partial charge in [0.2, 0.25) is 0 Å². The van der Waals surface area contributed by atoms with Crippen LogP contribution < -0.4 is 0 Å². The summed E-state index contributed by atoms with van der Waals surface area (Å²) in [7, 11) is 0. The van der Waals surface area contributed by atoms with Crippen molar-refractivity contribution in [3.8, 4) is 39.3 Å². The smallest absolute Gasteiger partial charge is 0.149 e. The normalized spacial score (nSPS) is 12.6. The van der Waals surface area contributed by atoms with Gasteiger partial charge in [-0.2, -0.15) is 0 Å². The van der Waals surface area contributed by atoms with Gasteiger partial charge < -0.3 is 13.9 Å². The van der Waals surface area contributed by atoms with E-state index in [1.807, 2.05) is 36.5 Å². The van der Waals surface area contributed by atoms with Gasteiger partial charge >= 0.3 is 0 Å². The summed E-state index contributed by atoms with van der Waals surface area (Å²) >= 11 is 0. The summed E-state index contributed by atoms with van der Waals surface area (Å²) in [4.78, 5) is 10.3. The molecule has 0 saturated carbocycles. The first-order valence-corrected chi connectivity index (χ1v) is 17.7. The second-order valence-corrected chi connectivity index (χ2v) is 16.0. The van der Waals surface area contributed by atoms with E-state index in [1.54, 1.807) is 6.26 Å². The standard InChI is InChI=1S/C46H36N3O3.Pt/c1-45(2,3)29-20-27(19-28(21-29)32-22-26(17-18-47-32)25-11-8-7-9-12-25)30-13-10-14-33-42(30)48-44-41-40-37(23-31(43(41)50)46(4,5)6)52-36-16-15-35-38(39(36)40)34(24-51-35)49(33)44;/h7-18,20-24,50H,1-6H3;/q-1;. The summed E-state index contributed by atoms with van der Waals surface area (Å²) in [5.74, 6) is 0.216. The predicted octanol–water partition coefficient (Wildman–Crippen LogP) is 12.2. The van der Waals surface area contributed by atoms with Crippen molar-refractivity contribution in [3.05, 3.63) is 121 Å². The monoisotopic (exact) mass is 873 g/mol. The molecule has 7 heteroatoms. The zero-order valence-electron chi connectivity index (χ0n) is 30.2. The van der Waals surface area contributed by atoms with E-state index in [-0.39, 0.29) is 37.6 Å². The van der Waals surface area contributed by atoms with E-state index in [4.69, 9.17) is 18.8 Å². The van der Waals surface area contributed by atoms with Crippen LogP contribution in [-0.2, 0) is 31.9 Å². The summed E-state index contributed by atoms with van der Waals surface area (Å²) in [6.45, 7) is 13.0. The molecule has 0 aliphatic carbocycles. The van der Waals surface area contributed by atoms with Crippen LogP contribution in [-0.4, -0.2) is 19.5 Å². The van der Waals surface area contributed by atoms with Crippen molar-refractivity contribution in [2.45, 2.75) is 52.4 Å². The zero-order valence-corrected chi connectivity index (χ0v) is 32.5. The molecule has 10 rings (SSSR count). The van der Waals surface area contributed by atoms with Gasteiger partial charge in [0, 0.05) is 49.3 Å². The third kappa shape index (κ3) is 4.95.